The average molecular weight is 415 g/mol. The van der Waals surface area contributed by atoms with Crippen LogP contribution in [0.5, 0.6) is 0 Å². The van der Waals surface area contributed by atoms with Crippen molar-refractivity contribution in [2.75, 3.05) is 0 Å². The summed E-state index contributed by atoms with van der Waals surface area (Å²) in [4.78, 5) is 26.2. The first kappa shape index (κ1) is 20.6. The molecule has 2 aromatic heterocycles. The molecule has 6 heteroatoms. The topological polar surface area (TPSA) is 68.9 Å². The van der Waals surface area contributed by atoms with Crippen molar-refractivity contribution >= 4 is 16.7 Å². The Kier molecular flexibility index (Phi) is 5.46. The molecule has 1 N–H and O–H groups in total. The summed E-state index contributed by atoms with van der Waals surface area (Å²) in [5, 5.41) is 8.77. The molecule has 2 heterocycles. The zero-order valence-corrected chi connectivity index (χ0v) is 18.2. The van der Waals surface area contributed by atoms with Gasteiger partial charge in [-0.05, 0) is 51.0 Å². The highest BCUT2D eigenvalue weighted by molar-refractivity contribution is 5.89. The van der Waals surface area contributed by atoms with Crippen LogP contribution in [0, 0.1) is 20.8 Å². The van der Waals surface area contributed by atoms with Gasteiger partial charge < -0.3 is 9.88 Å². The fourth-order valence-electron chi connectivity index (χ4n) is 4.17. The number of hydrogen-bond acceptors (Lipinski definition) is 3. The van der Waals surface area contributed by atoms with Crippen LogP contribution in [0.15, 0.2) is 65.6 Å². The van der Waals surface area contributed by atoms with Gasteiger partial charge in [0, 0.05) is 23.3 Å². The molecule has 0 radical (unpaired) electrons. The van der Waals surface area contributed by atoms with Gasteiger partial charge in [0.25, 0.3) is 5.56 Å². The molecule has 6 nitrogen and oxygen atoms in total. The predicted molar refractivity (Wildman–Crippen MR) is 123 cm³/mol. The fraction of sp³-hybridized carbons (Fsp3) is 0.240. The average Bonchev–Trinajstić information content (AvgIpc) is 3.04. The Labute approximate surface area is 181 Å². The number of rotatable bonds is 5. The number of aryl methyl sites for hydroxylation is 3. The maximum atomic E-state index is 13.2. The van der Waals surface area contributed by atoms with E-state index in [2.05, 4.69) is 10.4 Å². The number of nitrogens with zero attached hydrogens (tertiary/aromatic N) is 3. The van der Waals surface area contributed by atoms with Gasteiger partial charge in [-0.25, -0.2) is 0 Å². The van der Waals surface area contributed by atoms with E-state index in [1.165, 1.54) is 4.68 Å². The molecule has 31 heavy (non-hydrogen) atoms. The zero-order chi connectivity index (χ0) is 22.1. The number of carbonyl (C=O) groups excluding carboxylic acids is 1. The largest absolute Gasteiger partial charge is 0.350 e. The van der Waals surface area contributed by atoms with Gasteiger partial charge in [0.1, 0.15) is 6.04 Å². The molecule has 0 fully saturated rings. The van der Waals surface area contributed by atoms with E-state index in [4.69, 9.17) is 0 Å². The minimum Gasteiger partial charge on any atom is -0.350 e. The van der Waals surface area contributed by atoms with Gasteiger partial charge in [0.05, 0.1) is 17.3 Å². The number of aromatic nitrogens is 3. The smallest absolute Gasteiger partial charge is 0.281 e. The molecule has 1 atom stereocenters. The minimum atomic E-state index is -0.457. The van der Waals surface area contributed by atoms with E-state index in [-0.39, 0.29) is 11.5 Å². The molecule has 158 valence electrons. The van der Waals surface area contributed by atoms with Crippen molar-refractivity contribution in [1.29, 1.82) is 0 Å². The highest BCUT2D eigenvalue weighted by Gasteiger charge is 2.23. The molecule has 2 aromatic carbocycles. The fourth-order valence-corrected chi connectivity index (χ4v) is 4.17. The Balaban J connectivity index is 1.69. The Hall–Kier alpha value is -3.67. The second kappa shape index (κ2) is 8.22. The second-order valence-corrected chi connectivity index (χ2v) is 7.85. The second-order valence-electron chi connectivity index (χ2n) is 7.85. The molecule has 1 unspecified atom stereocenters. The number of hydrogen-bond donors (Lipinski definition) is 1. The summed E-state index contributed by atoms with van der Waals surface area (Å²) in [5.74, 6) is -0.0916. The highest BCUT2D eigenvalue weighted by atomic mass is 16.2. The minimum absolute atomic E-state index is 0.0916. The van der Waals surface area contributed by atoms with E-state index in [0.717, 1.165) is 27.9 Å². The van der Waals surface area contributed by atoms with Gasteiger partial charge in [-0.2, -0.15) is 9.78 Å². The normalized spacial score (nSPS) is 12.1. The van der Waals surface area contributed by atoms with Crippen LogP contribution in [0.1, 0.15) is 35.5 Å². The van der Waals surface area contributed by atoms with Crippen molar-refractivity contribution < 1.29 is 4.79 Å². The van der Waals surface area contributed by atoms with Crippen LogP contribution in [-0.2, 0) is 11.3 Å². The monoisotopic (exact) mass is 414 g/mol. The maximum absolute atomic E-state index is 13.2. The molecule has 0 aliphatic rings. The van der Waals surface area contributed by atoms with Gasteiger partial charge in [-0.1, -0.05) is 42.5 Å². The lowest BCUT2D eigenvalue weighted by Gasteiger charge is -2.18. The number of fused-ring (bicyclic) bond motifs is 1. The van der Waals surface area contributed by atoms with Crippen LogP contribution in [0.4, 0.5) is 0 Å². The number of carbonyl (C=O) groups is 1. The summed E-state index contributed by atoms with van der Waals surface area (Å²) in [6, 6.07) is 16.9. The Morgan fingerprint density at radius 2 is 1.68 bits per heavy atom. The molecule has 0 saturated heterocycles. The maximum Gasteiger partial charge on any atom is 0.281 e. The van der Waals surface area contributed by atoms with Crippen LogP contribution in [0.25, 0.3) is 16.5 Å². The van der Waals surface area contributed by atoms with E-state index in [9.17, 15) is 9.59 Å². The lowest BCUT2D eigenvalue weighted by Crippen LogP contribution is -2.31. The molecular weight excluding hydrogens is 388 g/mol. The van der Waals surface area contributed by atoms with Crippen molar-refractivity contribution in [3.63, 3.8) is 0 Å². The lowest BCUT2D eigenvalue weighted by molar-refractivity contribution is -0.124. The first-order valence-electron chi connectivity index (χ1n) is 10.4. The Morgan fingerprint density at radius 3 is 2.39 bits per heavy atom. The molecule has 0 aliphatic heterocycles. The Morgan fingerprint density at radius 1 is 1.00 bits per heavy atom. The molecule has 0 saturated carbocycles. The molecule has 0 bridgehead atoms. The van der Waals surface area contributed by atoms with E-state index in [0.29, 0.717) is 17.6 Å². The summed E-state index contributed by atoms with van der Waals surface area (Å²) in [6.45, 7) is 8.17. The molecule has 4 rings (SSSR count). The first-order valence-corrected chi connectivity index (χ1v) is 10.4. The van der Waals surface area contributed by atoms with Crippen molar-refractivity contribution in [3.8, 4) is 5.69 Å². The zero-order valence-electron chi connectivity index (χ0n) is 18.2. The van der Waals surface area contributed by atoms with Crippen molar-refractivity contribution in [2.45, 2.75) is 40.3 Å². The van der Waals surface area contributed by atoms with E-state index < -0.39 is 6.04 Å². The van der Waals surface area contributed by atoms with Gasteiger partial charge in [-0.3, -0.25) is 9.59 Å². The number of para-hydroxylation sites is 1. The van der Waals surface area contributed by atoms with E-state index in [1.807, 2.05) is 86.9 Å². The van der Waals surface area contributed by atoms with Crippen LogP contribution in [-0.4, -0.2) is 20.3 Å². The third kappa shape index (κ3) is 3.65. The number of nitrogens with one attached hydrogen (secondary N) is 1. The molecule has 0 aliphatic carbocycles. The quantitative estimate of drug-likeness (QED) is 0.537. The summed E-state index contributed by atoms with van der Waals surface area (Å²) in [7, 11) is 0. The predicted octanol–water partition coefficient (Wildman–Crippen LogP) is 3.99. The SMILES string of the molecule is Cc1ccccc1CNC(=O)C(C)n1c(C)c2cnn(-c3ccccc3)c(=O)c2c1C. The molecule has 0 spiro atoms. The van der Waals surface area contributed by atoms with E-state index in [1.54, 1.807) is 6.20 Å². The standard InChI is InChI=1S/C25H26N4O2/c1-16-10-8-9-11-20(16)14-26-24(30)19(4)28-17(2)22-15-27-29(21-12-6-5-7-13-21)25(31)23(22)18(28)3/h5-13,15,19H,14H2,1-4H3,(H,26,30). The van der Waals surface area contributed by atoms with Crippen LogP contribution < -0.4 is 10.9 Å². The van der Waals surface area contributed by atoms with Crippen LogP contribution in [0.3, 0.4) is 0 Å². The van der Waals surface area contributed by atoms with Crippen LogP contribution >= 0.6 is 0 Å². The summed E-state index contributed by atoms with van der Waals surface area (Å²) in [6.07, 6.45) is 1.71. The first-order chi connectivity index (χ1) is 14.9. The number of benzene rings is 2. The van der Waals surface area contributed by atoms with Crippen molar-refractivity contribution in [2.24, 2.45) is 0 Å². The summed E-state index contributed by atoms with van der Waals surface area (Å²) < 4.78 is 3.33. The van der Waals surface area contributed by atoms with Gasteiger partial charge in [0.2, 0.25) is 5.91 Å². The molecular formula is C25H26N4O2. The summed E-state index contributed by atoms with van der Waals surface area (Å²) in [5.41, 5.74) is 4.38. The molecule has 4 aromatic rings. The Bertz CT molecular complexity index is 1320. The third-order valence-electron chi connectivity index (χ3n) is 5.93. The van der Waals surface area contributed by atoms with Crippen molar-refractivity contribution in [1.82, 2.24) is 19.7 Å². The van der Waals surface area contributed by atoms with Gasteiger partial charge in [0.15, 0.2) is 0 Å². The number of amides is 1. The lowest BCUT2D eigenvalue weighted by atomic mass is 10.1. The van der Waals surface area contributed by atoms with Gasteiger partial charge >= 0.3 is 0 Å². The molecule has 1 amide bonds. The highest BCUT2D eigenvalue weighted by Crippen LogP contribution is 2.26. The third-order valence-corrected chi connectivity index (χ3v) is 5.93. The van der Waals surface area contributed by atoms with Crippen molar-refractivity contribution in [3.05, 3.63) is 93.7 Å². The van der Waals surface area contributed by atoms with Gasteiger partial charge in [-0.15, -0.1) is 0 Å². The van der Waals surface area contributed by atoms with Crippen LogP contribution in [0.2, 0.25) is 0 Å². The van der Waals surface area contributed by atoms with E-state index >= 15 is 0 Å². The summed E-state index contributed by atoms with van der Waals surface area (Å²) >= 11 is 0.